The molecule has 1 aliphatic rings. The first kappa shape index (κ1) is 15.3. The van der Waals surface area contributed by atoms with Crippen LogP contribution in [0.15, 0.2) is 41.8 Å². The van der Waals surface area contributed by atoms with Crippen LogP contribution in [0, 0.1) is 0 Å². The minimum Gasteiger partial charge on any atom is -0.347 e. The molecular weight excluding hydrogens is 292 g/mol. The summed E-state index contributed by atoms with van der Waals surface area (Å²) in [5.74, 6) is 0.00685. The van der Waals surface area contributed by atoms with Gasteiger partial charge in [-0.15, -0.1) is 11.3 Å². The van der Waals surface area contributed by atoms with Crippen LogP contribution in [0.5, 0.6) is 0 Å². The van der Waals surface area contributed by atoms with Crippen molar-refractivity contribution in [2.45, 2.75) is 32.4 Å². The molecule has 4 heteroatoms. The maximum absolute atomic E-state index is 11.9. The van der Waals surface area contributed by atoms with E-state index in [2.05, 4.69) is 34.5 Å². The van der Waals surface area contributed by atoms with Crippen molar-refractivity contribution in [2.24, 2.45) is 0 Å². The Kier molecular flexibility index (Phi) is 5.24. The highest BCUT2D eigenvalue weighted by atomic mass is 32.1. The molecule has 0 unspecified atom stereocenters. The van der Waals surface area contributed by atoms with Crippen LogP contribution < -0.4 is 5.32 Å². The Hall–Kier alpha value is -1.65. The third-order valence-electron chi connectivity index (χ3n) is 4.08. The number of nitrogens with one attached hydrogen (secondary N) is 1. The number of thiophene rings is 1. The van der Waals surface area contributed by atoms with Gasteiger partial charge in [-0.05, 0) is 48.5 Å². The summed E-state index contributed by atoms with van der Waals surface area (Å²) < 4.78 is 0. The largest absolute Gasteiger partial charge is 0.347 e. The van der Waals surface area contributed by atoms with E-state index in [1.54, 1.807) is 0 Å². The summed E-state index contributed by atoms with van der Waals surface area (Å²) >= 11 is 1.47. The zero-order valence-corrected chi connectivity index (χ0v) is 13.6. The van der Waals surface area contributed by atoms with E-state index in [0.29, 0.717) is 6.54 Å². The van der Waals surface area contributed by atoms with E-state index in [0.717, 1.165) is 17.0 Å². The third-order valence-corrected chi connectivity index (χ3v) is 4.94. The zero-order chi connectivity index (χ0) is 15.2. The fourth-order valence-corrected chi connectivity index (χ4v) is 3.46. The van der Waals surface area contributed by atoms with Gasteiger partial charge in [0.1, 0.15) is 0 Å². The number of carbonyl (C=O) groups excluding carboxylic acids is 1. The quantitative estimate of drug-likeness (QED) is 0.913. The molecule has 2 heterocycles. The summed E-state index contributed by atoms with van der Waals surface area (Å²) in [6.45, 7) is 4.07. The van der Waals surface area contributed by atoms with Gasteiger partial charge in [0.25, 0.3) is 5.91 Å². The number of amides is 1. The average Bonchev–Trinajstić information content (AvgIpc) is 3.09. The molecule has 0 spiro atoms. The van der Waals surface area contributed by atoms with E-state index in [1.807, 2.05) is 17.5 Å². The first-order valence-corrected chi connectivity index (χ1v) is 8.81. The molecule has 0 bridgehead atoms. The van der Waals surface area contributed by atoms with Crippen LogP contribution in [0.25, 0.3) is 0 Å². The fraction of sp³-hybridized carbons (Fsp3) is 0.389. The molecule has 3 rings (SSSR count). The lowest BCUT2D eigenvalue weighted by molar-refractivity contribution is 0.0955. The van der Waals surface area contributed by atoms with Gasteiger partial charge in [-0.1, -0.05) is 36.8 Å². The van der Waals surface area contributed by atoms with Crippen LogP contribution in [-0.2, 0) is 13.1 Å². The second-order valence-electron chi connectivity index (χ2n) is 5.81. The number of carbonyl (C=O) groups is 1. The van der Waals surface area contributed by atoms with E-state index in [1.165, 1.54) is 49.3 Å². The van der Waals surface area contributed by atoms with Crippen LogP contribution in [0.2, 0.25) is 0 Å². The highest BCUT2D eigenvalue weighted by Crippen LogP contribution is 2.14. The van der Waals surface area contributed by atoms with Crippen molar-refractivity contribution in [3.63, 3.8) is 0 Å². The van der Waals surface area contributed by atoms with E-state index < -0.39 is 0 Å². The SMILES string of the molecule is O=C(NCc1ccc(CN2CCCCC2)cc1)c1cccs1. The number of nitrogens with zero attached hydrogens (tertiary/aromatic N) is 1. The maximum atomic E-state index is 11.9. The summed E-state index contributed by atoms with van der Waals surface area (Å²) in [4.78, 5) is 15.2. The topological polar surface area (TPSA) is 32.3 Å². The smallest absolute Gasteiger partial charge is 0.261 e. The highest BCUT2D eigenvalue weighted by Gasteiger charge is 2.10. The highest BCUT2D eigenvalue weighted by molar-refractivity contribution is 7.12. The van der Waals surface area contributed by atoms with E-state index >= 15 is 0 Å². The summed E-state index contributed by atoms with van der Waals surface area (Å²) in [6.07, 6.45) is 4.03. The van der Waals surface area contributed by atoms with Crippen molar-refractivity contribution < 1.29 is 4.79 Å². The minimum absolute atomic E-state index is 0.00685. The molecule has 2 aromatic rings. The van der Waals surface area contributed by atoms with Crippen molar-refractivity contribution in [1.29, 1.82) is 0 Å². The van der Waals surface area contributed by atoms with Gasteiger partial charge in [-0.25, -0.2) is 0 Å². The number of likely N-dealkylation sites (tertiary alicyclic amines) is 1. The van der Waals surface area contributed by atoms with Crippen molar-refractivity contribution in [3.05, 3.63) is 57.8 Å². The van der Waals surface area contributed by atoms with Crippen LogP contribution >= 0.6 is 11.3 Å². The van der Waals surface area contributed by atoms with E-state index in [-0.39, 0.29) is 5.91 Å². The molecule has 0 atom stereocenters. The third kappa shape index (κ3) is 4.18. The van der Waals surface area contributed by atoms with E-state index in [4.69, 9.17) is 0 Å². The number of hydrogen-bond acceptors (Lipinski definition) is 3. The Morgan fingerprint density at radius 2 is 1.77 bits per heavy atom. The summed E-state index contributed by atoms with van der Waals surface area (Å²) in [5.41, 5.74) is 2.50. The molecular formula is C18H22N2OS. The summed E-state index contributed by atoms with van der Waals surface area (Å²) in [7, 11) is 0. The van der Waals surface area contributed by atoms with Gasteiger partial charge in [-0.3, -0.25) is 9.69 Å². The van der Waals surface area contributed by atoms with Gasteiger partial charge >= 0.3 is 0 Å². The molecule has 1 saturated heterocycles. The number of rotatable bonds is 5. The first-order valence-electron chi connectivity index (χ1n) is 7.93. The predicted molar refractivity (Wildman–Crippen MR) is 91.1 cm³/mol. The molecule has 0 radical (unpaired) electrons. The molecule has 1 aromatic heterocycles. The Morgan fingerprint density at radius 3 is 2.45 bits per heavy atom. The molecule has 1 fully saturated rings. The molecule has 1 N–H and O–H groups in total. The maximum Gasteiger partial charge on any atom is 0.261 e. The van der Waals surface area contributed by atoms with Crippen molar-refractivity contribution in [3.8, 4) is 0 Å². The normalized spacial score (nSPS) is 15.6. The van der Waals surface area contributed by atoms with Crippen LogP contribution in [-0.4, -0.2) is 23.9 Å². The first-order chi connectivity index (χ1) is 10.8. The molecule has 0 aliphatic carbocycles. The van der Waals surface area contributed by atoms with Gasteiger partial charge in [-0.2, -0.15) is 0 Å². The fourth-order valence-electron chi connectivity index (χ4n) is 2.82. The Balaban J connectivity index is 1.49. The lowest BCUT2D eigenvalue weighted by Crippen LogP contribution is -2.29. The van der Waals surface area contributed by atoms with Gasteiger partial charge in [0.05, 0.1) is 4.88 Å². The van der Waals surface area contributed by atoms with Gasteiger partial charge in [0.15, 0.2) is 0 Å². The van der Waals surface area contributed by atoms with Crippen molar-refractivity contribution in [2.75, 3.05) is 13.1 Å². The van der Waals surface area contributed by atoms with E-state index in [9.17, 15) is 4.79 Å². The van der Waals surface area contributed by atoms with Crippen molar-refractivity contribution >= 4 is 17.2 Å². The van der Waals surface area contributed by atoms with Gasteiger partial charge in [0, 0.05) is 13.1 Å². The molecule has 22 heavy (non-hydrogen) atoms. The van der Waals surface area contributed by atoms with Gasteiger partial charge < -0.3 is 5.32 Å². The number of piperidine rings is 1. The summed E-state index contributed by atoms with van der Waals surface area (Å²) in [5, 5.41) is 4.88. The van der Waals surface area contributed by atoms with Crippen LogP contribution in [0.4, 0.5) is 0 Å². The molecule has 116 valence electrons. The monoisotopic (exact) mass is 314 g/mol. The molecule has 0 saturated carbocycles. The zero-order valence-electron chi connectivity index (χ0n) is 12.8. The second kappa shape index (κ2) is 7.56. The van der Waals surface area contributed by atoms with Crippen LogP contribution in [0.1, 0.15) is 40.1 Å². The summed E-state index contributed by atoms with van der Waals surface area (Å²) in [6, 6.07) is 12.3. The van der Waals surface area contributed by atoms with Crippen LogP contribution in [0.3, 0.4) is 0 Å². The Bertz CT molecular complexity index is 586. The predicted octanol–water partition coefficient (Wildman–Crippen LogP) is 3.66. The average molecular weight is 314 g/mol. The minimum atomic E-state index is 0.00685. The standard InChI is InChI=1S/C18H22N2OS/c21-18(17-5-4-12-22-17)19-13-15-6-8-16(9-7-15)14-20-10-2-1-3-11-20/h4-9,12H,1-3,10-11,13-14H2,(H,19,21). The number of hydrogen-bond donors (Lipinski definition) is 1. The lowest BCUT2D eigenvalue weighted by atomic mass is 10.1. The second-order valence-corrected chi connectivity index (χ2v) is 6.76. The Morgan fingerprint density at radius 1 is 1.05 bits per heavy atom. The molecule has 1 aliphatic heterocycles. The van der Waals surface area contributed by atoms with Gasteiger partial charge in [0.2, 0.25) is 0 Å². The number of benzene rings is 1. The van der Waals surface area contributed by atoms with Crippen molar-refractivity contribution in [1.82, 2.24) is 10.2 Å². The Labute approximate surface area is 136 Å². The molecule has 3 nitrogen and oxygen atoms in total. The molecule has 1 amide bonds. The molecule has 1 aromatic carbocycles. The lowest BCUT2D eigenvalue weighted by Gasteiger charge is -2.26.